The Morgan fingerprint density at radius 2 is 0.565 bits per heavy atom. The number of allylic oxidation sites excluding steroid dienone is 14. The van der Waals surface area contributed by atoms with Crippen LogP contribution >= 0.6 is 0 Å². The van der Waals surface area contributed by atoms with E-state index in [-0.39, 0.29) is 31.1 Å². The van der Waals surface area contributed by atoms with Crippen molar-refractivity contribution in [1.29, 1.82) is 0 Å². The first kappa shape index (κ1) is 65.6. The van der Waals surface area contributed by atoms with Crippen LogP contribution < -0.4 is 0 Å². The third kappa shape index (κ3) is 55.4. The van der Waals surface area contributed by atoms with E-state index >= 15 is 0 Å². The topological polar surface area (TPSA) is 78.9 Å². The van der Waals surface area contributed by atoms with Crippen molar-refractivity contribution >= 4 is 17.9 Å². The van der Waals surface area contributed by atoms with Gasteiger partial charge in [-0.05, 0) is 116 Å². The summed E-state index contributed by atoms with van der Waals surface area (Å²) in [6.45, 7) is 6.48. The number of carbonyl (C=O) groups is 3. The lowest BCUT2D eigenvalue weighted by molar-refractivity contribution is -0.167. The van der Waals surface area contributed by atoms with Gasteiger partial charge < -0.3 is 14.2 Å². The van der Waals surface area contributed by atoms with E-state index in [1.807, 2.05) is 0 Å². The van der Waals surface area contributed by atoms with Gasteiger partial charge in [-0.3, -0.25) is 14.4 Å². The largest absolute Gasteiger partial charge is 0.462 e. The molecule has 0 aromatic rings. The van der Waals surface area contributed by atoms with Crippen LogP contribution in [0.25, 0.3) is 0 Å². The molecule has 396 valence electrons. The molecule has 0 aromatic carbocycles. The minimum Gasteiger partial charge on any atom is -0.462 e. The second-order valence-corrected chi connectivity index (χ2v) is 19.2. The maximum absolute atomic E-state index is 12.9. The van der Waals surface area contributed by atoms with Crippen molar-refractivity contribution in [2.45, 2.75) is 284 Å². The Bertz CT molecular complexity index is 1330. The van der Waals surface area contributed by atoms with Crippen LogP contribution in [0.2, 0.25) is 0 Å². The Balaban J connectivity index is 4.43. The van der Waals surface area contributed by atoms with Gasteiger partial charge in [0, 0.05) is 19.3 Å². The van der Waals surface area contributed by atoms with Gasteiger partial charge in [0.05, 0.1) is 0 Å². The first-order valence-electron chi connectivity index (χ1n) is 29.1. The lowest BCUT2D eigenvalue weighted by Gasteiger charge is -2.18. The van der Waals surface area contributed by atoms with Crippen molar-refractivity contribution < 1.29 is 28.6 Å². The average Bonchev–Trinajstić information content (AvgIpc) is 3.35. The second kappa shape index (κ2) is 57.2. The number of hydrogen-bond acceptors (Lipinski definition) is 6. The van der Waals surface area contributed by atoms with Crippen LogP contribution in [0.5, 0.6) is 0 Å². The summed E-state index contributed by atoms with van der Waals surface area (Å²) in [6, 6.07) is 0. The molecule has 0 fully saturated rings. The molecular formula is C63H108O6. The van der Waals surface area contributed by atoms with Gasteiger partial charge in [-0.1, -0.05) is 228 Å². The van der Waals surface area contributed by atoms with E-state index in [9.17, 15) is 14.4 Å². The first-order valence-corrected chi connectivity index (χ1v) is 29.1. The lowest BCUT2D eigenvalue weighted by atomic mass is 10.1. The molecule has 0 bridgehead atoms. The van der Waals surface area contributed by atoms with Gasteiger partial charge >= 0.3 is 17.9 Å². The third-order valence-corrected chi connectivity index (χ3v) is 12.4. The van der Waals surface area contributed by atoms with Crippen molar-refractivity contribution in [1.82, 2.24) is 0 Å². The molecule has 0 saturated heterocycles. The van der Waals surface area contributed by atoms with Crippen LogP contribution in [0.15, 0.2) is 85.1 Å². The maximum Gasteiger partial charge on any atom is 0.306 e. The smallest absolute Gasteiger partial charge is 0.306 e. The zero-order valence-electron chi connectivity index (χ0n) is 45.3. The predicted octanol–water partition coefficient (Wildman–Crippen LogP) is 19.5. The quantitative estimate of drug-likeness (QED) is 0.0262. The standard InChI is InChI=1S/C63H108O6/c1-4-7-10-13-16-19-22-25-28-30-31-33-36-38-41-44-47-50-53-56-62(65)68-59-60(69-63(66)57-54-51-48-45-42-39-34-27-24-21-18-15-12-9-6-3)58-67-61(64)55-52-49-46-43-40-37-35-32-29-26-23-20-17-14-11-8-5-2/h8,11,16-17,19-20,25-29,34-35,37,60H,4-7,9-10,12-15,18,21-24,30-33,36,38-59H2,1-3H3/b11-8-,19-16-,20-17-,28-25-,29-26-,34-27-,37-35-/t60-/m1/s1. The normalized spacial score (nSPS) is 12.7. The summed E-state index contributed by atoms with van der Waals surface area (Å²) < 4.78 is 16.9. The minimum absolute atomic E-state index is 0.0898. The molecular weight excluding hydrogens is 853 g/mol. The number of rotatable bonds is 52. The van der Waals surface area contributed by atoms with E-state index in [2.05, 4.69) is 106 Å². The number of ether oxygens (including phenoxy) is 3. The van der Waals surface area contributed by atoms with Gasteiger partial charge in [0.15, 0.2) is 6.10 Å². The molecule has 0 rings (SSSR count). The van der Waals surface area contributed by atoms with E-state index in [0.29, 0.717) is 19.3 Å². The molecule has 6 heteroatoms. The first-order chi connectivity index (χ1) is 34.0. The lowest BCUT2D eigenvalue weighted by Crippen LogP contribution is -2.30. The highest BCUT2D eigenvalue weighted by molar-refractivity contribution is 5.71. The van der Waals surface area contributed by atoms with Crippen molar-refractivity contribution in [3.63, 3.8) is 0 Å². The summed E-state index contributed by atoms with van der Waals surface area (Å²) in [5.41, 5.74) is 0. The molecule has 69 heavy (non-hydrogen) atoms. The minimum atomic E-state index is -0.794. The summed E-state index contributed by atoms with van der Waals surface area (Å²) in [6.07, 6.45) is 74.2. The molecule has 0 spiro atoms. The molecule has 0 aliphatic rings. The van der Waals surface area contributed by atoms with Crippen molar-refractivity contribution in [3.8, 4) is 0 Å². The van der Waals surface area contributed by atoms with E-state index in [0.717, 1.165) is 116 Å². The number of esters is 3. The molecule has 0 heterocycles. The summed E-state index contributed by atoms with van der Waals surface area (Å²) in [4.78, 5) is 38.2. The third-order valence-electron chi connectivity index (χ3n) is 12.4. The van der Waals surface area contributed by atoms with E-state index in [1.165, 1.54) is 122 Å². The van der Waals surface area contributed by atoms with E-state index in [1.54, 1.807) is 0 Å². The number of carbonyl (C=O) groups excluding carboxylic acids is 3. The molecule has 0 aliphatic carbocycles. The monoisotopic (exact) mass is 961 g/mol. The molecule has 0 aliphatic heterocycles. The fraction of sp³-hybridized carbons (Fsp3) is 0.730. The molecule has 0 amide bonds. The Hall–Kier alpha value is -3.41. The van der Waals surface area contributed by atoms with E-state index in [4.69, 9.17) is 14.2 Å². The Morgan fingerprint density at radius 1 is 0.304 bits per heavy atom. The van der Waals surface area contributed by atoms with Gasteiger partial charge in [0.1, 0.15) is 13.2 Å². The van der Waals surface area contributed by atoms with E-state index < -0.39 is 6.10 Å². The SMILES string of the molecule is CC/C=C\C/C=C\C/C=C\C/C=C\CCCCCCC(=O)OC[C@H](COC(=O)CCCCCCCCCCC/C=C\C/C=C\CCCCC)OC(=O)CCCCCCC/C=C\CCCCCCCC. The zero-order valence-corrected chi connectivity index (χ0v) is 45.3. The summed E-state index contributed by atoms with van der Waals surface area (Å²) in [5, 5.41) is 0. The van der Waals surface area contributed by atoms with Gasteiger partial charge in [-0.2, -0.15) is 0 Å². The van der Waals surface area contributed by atoms with Crippen molar-refractivity contribution in [2.75, 3.05) is 13.2 Å². The number of unbranched alkanes of at least 4 members (excludes halogenated alkanes) is 27. The predicted molar refractivity (Wildman–Crippen MR) is 297 cm³/mol. The fourth-order valence-electron chi connectivity index (χ4n) is 7.99. The van der Waals surface area contributed by atoms with Crippen molar-refractivity contribution in [2.24, 2.45) is 0 Å². The van der Waals surface area contributed by atoms with Crippen LogP contribution in [0.1, 0.15) is 278 Å². The zero-order chi connectivity index (χ0) is 50.0. The number of hydrogen-bond donors (Lipinski definition) is 0. The molecule has 0 radical (unpaired) electrons. The van der Waals surface area contributed by atoms with Crippen LogP contribution in [0.3, 0.4) is 0 Å². The molecule has 6 nitrogen and oxygen atoms in total. The Kier molecular flexibility index (Phi) is 54.3. The molecule has 0 aromatic heterocycles. The molecule has 0 unspecified atom stereocenters. The summed E-state index contributed by atoms with van der Waals surface area (Å²) in [5.74, 6) is -0.920. The van der Waals surface area contributed by atoms with Gasteiger partial charge in [-0.25, -0.2) is 0 Å². The highest BCUT2D eigenvalue weighted by Gasteiger charge is 2.19. The van der Waals surface area contributed by atoms with Crippen LogP contribution in [-0.2, 0) is 28.6 Å². The van der Waals surface area contributed by atoms with Crippen LogP contribution in [0.4, 0.5) is 0 Å². The highest BCUT2D eigenvalue weighted by atomic mass is 16.6. The fourth-order valence-corrected chi connectivity index (χ4v) is 7.99. The van der Waals surface area contributed by atoms with Crippen LogP contribution in [0, 0.1) is 0 Å². The van der Waals surface area contributed by atoms with Crippen molar-refractivity contribution in [3.05, 3.63) is 85.1 Å². The average molecular weight is 962 g/mol. The molecule has 1 atom stereocenters. The summed E-state index contributed by atoms with van der Waals surface area (Å²) in [7, 11) is 0. The summed E-state index contributed by atoms with van der Waals surface area (Å²) >= 11 is 0. The Labute approximate surface area is 426 Å². The maximum atomic E-state index is 12.9. The highest BCUT2D eigenvalue weighted by Crippen LogP contribution is 2.15. The van der Waals surface area contributed by atoms with Gasteiger partial charge in [0.25, 0.3) is 0 Å². The molecule has 0 N–H and O–H groups in total. The second-order valence-electron chi connectivity index (χ2n) is 19.2. The molecule has 0 saturated carbocycles. The van der Waals surface area contributed by atoms with Gasteiger partial charge in [-0.15, -0.1) is 0 Å². The van der Waals surface area contributed by atoms with Crippen LogP contribution in [-0.4, -0.2) is 37.2 Å². The van der Waals surface area contributed by atoms with Gasteiger partial charge in [0.2, 0.25) is 0 Å². The Morgan fingerprint density at radius 3 is 0.928 bits per heavy atom.